The summed E-state index contributed by atoms with van der Waals surface area (Å²) in [6.07, 6.45) is 4.04. The molecule has 1 aliphatic heterocycles. The number of aromatic nitrogens is 1. The average molecular weight is 484 g/mol. The summed E-state index contributed by atoms with van der Waals surface area (Å²) in [6.45, 7) is 8.01. The quantitative estimate of drug-likeness (QED) is 0.463. The number of Topliss-reactive ketones (excluding diaryl/α,β-unsaturated/α-hetero) is 1. The number of pyridine rings is 1. The number of hydrogen-bond acceptors (Lipinski definition) is 4. The van der Waals surface area contributed by atoms with Crippen LogP contribution in [0.3, 0.4) is 0 Å². The van der Waals surface area contributed by atoms with E-state index in [0.717, 1.165) is 28.1 Å². The SMILES string of the molecule is COc1ccc(CC2N(C(=O)Nc3c(C)cccc3C)C/C(=C\c3ccccn3)C(=O)C2(C)C)cc1. The first-order chi connectivity index (χ1) is 17.2. The summed E-state index contributed by atoms with van der Waals surface area (Å²) >= 11 is 0. The summed E-state index contributed by atoms with van der Waals surface area (Å²) in [6, 6.07) is 18.7. The standard InChI is InChI=1S/C30H33N3O3/c1-20-9-8-10-21(2)27(20)32-29(35)33-19-23(18-24-11-6-7-16-31-24)28(34)30(3,4)26(33)17-22-12-14-25(36-5)15-13-22/h6-16,18,26H,17,19H2,1-5H3,(H,32,35)/b23-18+. The van der Waals surface area contributed by atoms with Crippen molar-refractivity contribution in [3.8, 4) is 5.75 Å². The Kier molecular flexibility index (Phi) is 7.25. The Labute approximate surface area is 213 Å². The molecular weight excluding hydrogens is 450 g/mol. The molecule has 2 heterocycles. The Bertz CT molecular complexity index is 1260. The molecule has 0 bridgehead atoms. The molecule has 1 saturated heterocycles. The molecule has 1 N–H and O–H groups in total. The van der Waals surface area contributed by atoms with E-state index in [2.05, 4.69) is 10.3 Å². The average Bonchev–Trinajstić information content (AvgIpc) is 2.87. The molecule has 1 aliphatic rings. The molecule has 1 atom stereocenters. The molecule has 1 unspecified atom stereocenters. The minimum absolute atomic E-state index is 0.0304. The third-order valence-electron chi connectivity index (χ3n) is 7.00. The summed E-state index contributed by atoms with van der Waals surface area (Å²) in [7, 11) is 1.63. The van der Waals surface area contributed by atoms with E-state index in [9.17, 15) is 9.59 Å². The summed E-state index contributed by atoms with van der Waals surface area (Å²) < 4.78 is 5.29. The normalized spacial score (nSPS) is 18.2. The van der Waals surface area contributed by atoms with Crippen molar-refractivity contribution in [2.45, 2.75) is 40.2 Å². The number of aryl methyl sites for hydroxylation is 2. The zero-order chi connectivity index (χ0) is 25.9. The molecular formula is C30H33N3O3. The number of carbonyl (C=O) groups excluding carboxylic acids is 2. The largest absolute Gasteiger partial charge is 0.497 e. The number of urea groups is 1. The van der Waals surface area contributed by atoms with Crippen molar-refractivity contribution >= 4 is 23.6 Å². The number of rotatable bonds is 5. The Balaban J connectivity index is 1.72. The molecule has 36 heavy (non-hydrogen) atoms. The third kappa shape index (κ3) is 5.18. The zero-order valence-corrected chi connectivity index (χ0v) is 21.5. The van der Waals surface area contributed by atoms with Crippen LogP contribution in [0.25, 0.3) is 6.08 Å². The van der Waals surface area contributed by atoms with E-state index in [1.165, 1.54) is 0 Å². The number of nitrogens with zero attached hydrogens (tertiary/aromatic N) is 2. The van der Waals surface area contributed by atoms with Gasteiger partial charge in [-0.15, -0.1) is 0 Å². The van der Waals surface area contributed by atoms with Crippen molar-refractivity contribution in [3.05, 3.63) is 94.8 Å². The number of anilines is 1. The summed E-state index contributed by atoms with van der Waals surface area (Å²) in [5.41, 5.74) is 4.27. The van der Waals surface area contributed by atoms with Gasteiger partial charge in [0.15, 0.2) is 5.78 Å². The van der Waals surface area contributed by atoms with Crippen LogP contribution in [0.2, 0.25) is 0 Å². The van der Waals surface area contributed by atoms with E-state index in [-0.39, 0.29) is 24.4 Å². The highest BCUT2D eigenvalue weighted by Crippen LogP contribution is 2.38. The van der Waals surface area contributed by atoms with Crippen molar-refractivity contribution in [1.29, 1.82) is 0 Å². The highest BCUT2D eigenvalue weighted by atomic mass is 16.5. The first-order valence-electron chi connectivity index (χ1n) is 12.1. The molecule has 0 saturated carbocycles. The number of para-hydroxylation sites is 1. The van der Waals surface area contributed by atoms with Crippen LogP contribution in [0.4, 0.5) is 10.5 Å². The summed E-state index contributed by atoms with van der Waals surface area (Å²) in [5, 5.41) is 3.13. The van der Waals surface area contributed by atoms with Crippen LogP contribution in [0.15, 0.2) is 72.4 Å². The summed E-state index contributed by atoms with van der Waals surface area (Å²) in [4.78, 5) is 33.7. The second-order valence-corrected chi connectivity index (χ2v) is 9.87. The van der Waals surface area contributed by atoms with Gasteiger partial charge >= 0.3 is 6.03 Å². The minimum Gasteiger partial charge on any atom is -0.497 e. The maximum absolute atomic E-state index is 13.8. The zero-order valence-electron chi connectivity index (χ0n) is 21.5. The fourth-order valence-electron chi connectivity index (χ4n) is 4.83. The second-order valence-electron chi connectivity index (χ2n) is 9.87. The molecule has 0 spiro atoms. The van der Waals surface area contributed by atoms with Crippen LogP contribution in [0, 0.1) is 19.3 Å². The number of ether oxygens (including phenoxy) is 1. The molecule has 6 heteroatoms. The molecule has 2 aromatic carbocycles. The fourth-order valence-corrected chi connectivity index (χ4v) is 4.83. The molecule has 4 rings (SSSR count). The fraction of sp³-hybridized carbons (Fsp3) is 0.300. The van der Waals surface area contributed by atoms with Crippen molar-refractivity contribution in [2.75, 3.05) is 19.0 Å². The predicted octanol–water partition coefficient (Wildman–Crippen LogP) is 5.84. The number of hydrogen-bond donors (Lipinski definition) is 1. The van der Waals surface area contributed by atoms with Gasteiger partial charge < -0.3 is 15.0 Å². The number of methoxy groups -OCH3 is 1. The molecule has 2 amide bonds. The van der Waals surface area contributed by atoms with Gasteiger partial charge in [0.05, 0.1) is 25.4 Å². The number of likely N-dealkylation sites (tertiary alicyclic amines) is 1. The van der Waals surface area contributed by atoms with Crippen LogP contribution in [-0.4, -0.2) is 41.4 Å². The monoisotopic (exact) mass is 483 g/mol. The maximum atomic E-state index is 13.8. The van der Waals surface area contributed by atoms with E-state index in [1.807, 2.05) is 88.4 Å². The van der Waals surface area contributed by atoms with Crippen LogP contribution in [0.5, 0.6) is 5.75 Å². The Morgan fingerprint density at radius 2 is 1.78 bits per heavy atom. The van der Waals surface area contributed by atoms with Crippen LogP contribution >= 0.6 is 0 Å². The lowest BCUT2D eigenvalue weighted by atomic mass is 9.71. The first-order valence-corrected chi connectivity index (χ1v) is 12.1. The number of benzene rings is 2. The van der Waals surface area contributed by atoms with Crippen molar-refractivity contribution < 1.29 is 14.3 Å². The van der Waals surface area contributed by atoms with Gasteiger partial charge in [0.25, 0.3) is 0 Å². The van der Waals surface area contributed by atoms with Gasteiger partial charge in [0, 0.05) is 22.9 Å². The third-order valence-corrected chi connectivity index (χ3v) is 7.00. The molecule has 1 fully saturated rings. The van der Waals surface area contributed by atoms with Gasteiger partial charge in [-0.3, -0.25) is 9.78 Å². The Morgan fingerprint density at radius 1 is 1.08 bits per heavy atom. The predicted molar refractivity (Wildman–Crippen MR) is 143 cm³/mol. The van der Waals surface area contributed by atoms with Gasteiger partial charge in [0.1, 0.15) is 5.75 Å². The molecule has 0 aliphatic carbocycles. The van der Waals surface area contributed by atoms with E-state index >= 15 is 0 Å². The van der Waals surface area contributed by atoms with Gasteiger partial charge in [-0.05, 0) is 67.3 Å². The Hall–Kier alpha value is -3.93. The second kappa shape index (κ2) is 10.4. The number of carbonyl (C=O) groups is 2. The topological polar surface area (TPSA) is 71.5 Å². The lowest BCUT2D eigenvalue weighted by Gasteiger charge is -2.46. The minimum atomic E-state index is -0.809. The molecule has 1 aromatic heterocycles. The molecule has 6 nitrogen and oxygen atoms in total. The Morgan fingerprint density at radius 3 is 2.39 bits per heavy atom. The van der Waals surface area contributed by atoms with Gasteiger partial charge in [0.2, 0.25) is 0 Å². The number of nitrogens with one attached hydrogen (secondary N) is 1. The highest BCUT2D eigenvalue weighted by molar-refractivity contribution is 6.06. The van der Waals surface area contributed by atoms with Gasteiger partial charge in [-0.1, -0.05) is 50.2 Å². The number of amides is 2. The number of piperidine rings is 1. The van der Waals surface area contributed by atoms with Gasteiger partial charge in [-0.25, -0.2) is 4.79 Å². The lowest BCUT2D eigenvalue weighted by molar-refractivity contribution is -0.128. The van der Waals surface area contributed by atoms with E-state index < -0.39 is 5.41 Å². The number of ketones is 1. The molecule has 0 radical (unpaired) electrons. The van der Waals surface area contributed by atoms with E-state index in [0.29, 0.717) is 17.7 Å². The van der Waals surface area contributed by atoms with Crippen LogP contribution < -0.4 is 10.1 Å². The van der Waals surface area contributed by atoms with E-state index in [4.69, 9.17) is 4.74 Å². The van der Waals surface area contributed by atoms with Gasteiger partial charge in [-0.2, -0.15) is 0 Å². The van der Waals surface area contributed by atoms with E-state index in [1.54, 1.807) is 24.3 Å². The highest BCUT2D eigenvalue weighted by Gasteiger charge is 2.47. The van der Waals surface area contributed by atoms with Crippen LogP contribution in [-0.2, 0) is 11.2 Å². The summed E-state index contributed by atoms with van der Waals surface area (Å²) in [5.74, 6) is 0.797. The molecule has 3 aromatic rings. The lowest BCUT2D eigenvalue weighted by Crippen LogP contribution is -2.59. The van der Waals surface area contributed by atoms with Crippen molar-refractivity contribution in [1.82, 2.24) is 9.88 Å². The van der Waals surface area contributed by atoms with Crippen molar-refractivity contribution in [3.63, 3.8) is 0 Å². The first kappa shape index (κ1) is 25.2. The smallest absolute Gasteiger partial charge is 0.322 e. The van der Waals surface area contributed by atoms with Crippen molar-refractivity contribution in [2.24, 2.45) is 5.41 Å². The maximum Gasteiger partial charge on any atom is 0.322 e. The van der Waals surface area contributed by atoms with Crippen LogP contribution in [0.1, 0.15) is 36.2 Å². The molecule has 186 valence electrons.